The van der Waals surface area contributed by atoms with Crippen molar-refractivity contribution in [2.24, 2.45) is 0 Å². The smallest absolute Gasteiger partial charge is 0.234 e. The first kappa shape index (κ1) is 15.6. The van der Waals surface area contributed by atoms with Crippen molar-refractivity contribution in [2.45, 2.75) is 5.16 Å². The first-order valence-corrected chi connectivity index (χ1v) is 8.36. The van der Waals surface area contributed by atoms with E-state index >= 15 is 0 Å². The van der Waals surface area contributed by atoms with Crippen molar-refractivity contribution in [3.05, 3.63) is 65.8 Å². The summed E-state index contributed by atoms with van der Waals surface area (Å²) in [7, 11) is 0. The first-order chi connectivity index (χ1) is 11.2. The zero-order valence-electron chi connectivity index (χ0n) is 12.1. The fraction of sp³-hybridized carbons (Fsp3) is 0.0588. The third-order valence-corrected chi connectivity index (χ3v) is 4.21. The van der Waals surface area contributed by atoms with Crippen LogP contribution < -0.4 is 5.32 Å². The quantitative estimate of drug-likeness (QED) is 0.672. The Balaban J connectivity index is 1.56. The minimum atomic E-state index is -0.102. The zero-order chi connectivity index (χ0) is 16.1. The Labute approximate surface area is 143 Å². The standard InChI is InChI=1S/C17H14ClN3OS/c18-13-7-4-8-14(9-13)20-16(22)11-23-17-19-10-15(21-17)12-5-2-1-3-6-12/h1-10H,11H2,(H,19,21)(H,20,22). The van der Waals surface area contributed by atoms with E-state index < -0.39 is 0 Å². The van der Waals surface area contributed by atoms with E-state index in [1.165, 1.54) is 11.8 Å². The molecule has 0 unspecified atom stereocenters. The van der Waals surface area contributed by atoms with Gasteiger partial charge >= 0.3 is 0 Å². The highest BCUT2D eigenvalue weighted by molar-refractivity contribution is 7.99. The number of benzene rings is 2. The minimum absolute atomic E-state index is 0.102. The number of carbonyl (C=O) groups is 1. The molecule has 23 heavy (non-hydrogen) atoms. The average molecular weight is 344 g/mol. The van der Waals surface area contributed by atoms with E-state index in [0.717, 1.165) is 11.3 Å². The second-order valence-electron chi connectivity index (χ2n) is 4.82. The molecule has 0 aliphatic rings. The maximum atomic E-state index is 12.0. The highest BCUT2D eigenvalue weighted by atomic mass is 35.5. The lowest BCUT2D eigenvalue weighted by Crippen LogP contribution is -2.14. The number of H-pyrrole nitrogens is 1. The van der Waals surface area contributed by atoms with Crippen LogP contribution in [-0.2, 0) is 4.79 Å². The molecule has 0 radical (unpaired) electrons. The monoisotopic (exact) mass is 343 g/mol. The van der Waals surface area contributed by atoms with Crippen LogP contribution in [0.15, 0.2) is 66.0 Å². The Morgan fingerprint density at radius 1 is 1.17 bits per heavy atom. The lowest BCUT2D eigenvalue weighted by molar-refractivity contribution is -0.113. The number of nitrogens with zero attached hydrogens (tertiary/aromatic N) is 1. The summed E-state index contributed by atoms with van der Waals surface area (Å²) in [6.45, 7) is 0. The molecular weight excluding hydrogens is 330 g/mol. The lowest BCUT2D eigenvalue weighted by Gasteiger charge is -2.04. The summed E-state index contributed by atoms with van der Waals surface area (Å²) in [6, 6.07) is 17.0. The van der Waals surface area contributed by atoms with Crippen LogP contribution in [0.25, 0.3) is 11.3 Å². The molecule has 0 saturated heterocycles. The lowest BCUT2D eigenvalue weighted by atomic mass is 10.2. The number of hydrogen-bond donors (Lipinski definition) is 2. The first-order valence-electron chi connectivity index (χ1n) is 6.99. The zero-order valence-corrected chi connectivity index (χ0v) is 13.7. The van der Waals surface area contributed by atoms with Gasteiger partial charge in [-0.05, 0) is 23.8 Å². The molecule has 0 fully saturated rings. The van der Waals surface area contributed by atoms with Gasteiger partial charge in [-0.2, -0.15) is 0 Å². The maximum absolute atomic E-state index is 12.0. The highest BCUT2D eigenvalue weighted by Crippen LogP contribution is 2.21. The van der Waals surface area contributed by atoms with Crippen LogP contribution in [0.5, 0.6) is 0 Å². The third kappa shape index (κ3) is 4.37. The largest absolute Gasteiger partial charge is 0.333 e. The van der Waals surface area contributed by atoms with Gasteiger partial charge < -0.3 is 10.3 Å². The van der Waals surface area contributed by atoms with Gasteiger partial charge in [-0.25, -0.2) is 4.98 Å². The summed E-state index contributed by atoms with van der Waals surface area (Å²) >= 11 is 7.25. The Hall–Kier alpha value is -2.24. The summed E-state index contributed by atoms with van der Waals surface area (Å²) < 4.78 is 0. The van der Waals surface area contributed by atoms with E-state index in [1.54, 1.807) is 30.5 Å². The molecule has 0 saturated carbocycles. The van der Waals surface area contributed by atoms with E-state index in [-0.39, 0.29) is 11.7 Å². The molecule has 3 rings (SSSR count). The third-order valence-electron chi connectivity index (χ3n) is 3.09. The Morgan fingerprint density at radius 2 is 2.00 bits per heavy atom. The average Bonchev–Trinajstić information content (AvgIpc) is 3.03. The van der Waals surface area contributed by atoms with Gasteiger partial charge in [-0.3, -0.25) is 4.79 Å². The van der Waals surface area contributed by atoms with E-state index in [1.807, 2.05) is 30.3 Å². The molecule has 1 heterocycles. The van der Waals surface area contributed by atoms with Crippen molar-refractivity contribution >= 4 is 35.0 Å². The van der Waals surface area contributed by atoms with Gasteiger partial charge in [-0.1, -0.05) is 59.8 Å². The molecule has 0 atom stereocenters. The highest BCUT2D eigenvalue weighted by Gasteiger charge is 2.07. The molecule has 2 aromatic carbocycles. The number of rotatable bonds is 5. The maximum Gasteiger partial charge on any atom is 0.234 e. The van der Waals surface area contributed by atoms with Gasteiger partial charge in [-0.15, -0.1) is 0 Å². The summed E-state index contributed by atoms with van der Waals surface area (Å²) in [5, 5.41) is 4.11. The van der Waals surface area contributed by atoms with Gasteiger partial charge in [0.25, 0.3) is 0 Å². The minimum Gasteiger partial charge on any atom is -0.333 e. The number of anilines is 1. The van der Waals surface area contributed by atoms with Crippen LogP contribution in [0.1, 0.15) is 0 Å². The fourth-order valence-corrected chi connectivity index (χ4v) is 2.88. The van der Waals surface area contributed by atoms with E-state index in [9.17, 15) is 4.79 Å². The molecule has 3 aromatic rings. The Kier molecular flexibility index (Phi) is 5.00. The molecule has 0 spiro atoms. The van der Waals surface area contributed by atoms with Crippen molar-refractivity contribution in [1.29, 1.82) is 0 Å². The van der Waals surface area contributed by atoms with Crippen molar-refractivity contribution in [3.63, 3.8) is 0 Å². The molecule has 0 aliphatic carbocycles. The molecule has 1 amide bonds. The number of hydrogen-bond acceptors (Lipinski definition) is 3. The Morgan fingerprint density at radius 3 is 2.78 bits per heavy atom. The molecule has 2 N–H and O–H groups in total. The number of nitrogens with one attached hydrogen (secondary N) is 2. The number of carbonyl (C=O) groups excluding carboxylic acids is 1. The van der Waals surface area contributed by atoms with Crippen LogP contribution in [0, 0.1) is 0 Å². The molecular formula is C17H14ClN3OS. The summed E-state index contributed by atoms with van der Waals surface area (Å²) in [5.41, 5.74) is 2.69. The van der Waals surface area contributed by atoms with Gasteiger partial charge in [0.1, 0.15) is 0 Å². The number of amides is 1. The number of imidazole rings is 1. The number of aromatic amines is 1. The van der Waals surface area contributed by atoms with Crippen molar-refractivity contribution in [2.75, 3.05) is 11.1 Å². The van der Waals surface area contributed by atoms with Gasteiger partial charge in [0.15, 0.2) is 5.16 Å². The van der Waals surface area contributed by atoms with Gasteiger partial charge in [0.2, 0.25) is 5.91 Å². The van der Waals surface area contributed by atoms with Crippen LogP contribution in [0.2, 0.25) is 5.02 Å². The van der Waals surface area contributed by atoms with E-state index in [4.69, 9.17) is 11.6 Å². The van der Waals surface area contributed by atoms with Crippen LogP contribution >= 0.6 is 23.4 Å². The summed E-state index contributed by atoms with van der Waals surface area (Å²) in [5.74, 6) is 0.170. The number of halogens is 1. The molecule has 4 nitrogen and oxygen atoms in total. The van der Waals surface area contributed by atoms with Crippen LogP contribution in [-0.4, -0.2) is 21.6 Å². The second-order valence-corrected chi connectivity index (χ2v) is 6.22. The summed E-state index contributed by atoms with van der Waals surface area (Å²) in [4.78, 5) is 19.5. The van der Waals surface area contributed by atoms with E-state index in [2.05, 4.69) is 15.3 Å². The number of thioether (sulfide) groups is 1. The van der Waals surface area contributed by atoms with Crippen molar-refractivity contribution in [1.82, 2.24) is 9.97 Å². The molecule has 0 aliphatic heterocycles. The molecule has 116 valence electrons. The number of aromatic nitrogens is 2. The van der Waals surface area contributed by atoms with Crippen LogP contribution in [0.4, 0.5) is 5.69 Å². The molecule has 0 bridgehead atoms. The fourth-order valence-electron chi connectivity index (χ4n) is 2.04. The Bertz CT molecular complexity index is 804. The topological polar surface area (TPSA) is 57.8 Å². The normalized spacial score (nSPS) is 10.5. The second kappa shape index (κ2) is 7.35. The molecule has 1 aromatic heterocycles. The molecule has 6 heteroatoms. The van der Waals surface area contributed by atoms with Gasteiger partial charge in [0, 0.05) is 10.7 Å². The van der Waals surface area contributed by atoms with Crippen molar-refractivity contribution in [3.8, 4) is 11.3 Å². The summed E-state index contributed by atoms with van der Waals surface area (Å²) in [6.07, 6.45) is 1.77. The SMILES string of the molecule is O=C(CSc1ncc(-c2ccccc2)[nH]1)Nc1cccc(Cl)c1. The van der Waals surface area contributed by atoms with Crippen molar-refractivity contribution < 1.29 is 4.79 Å². The van der Waals surface area contributed by atoms with Crippen LogP contribution in [0.3, 0.4) is 0 Å². The predicted octanol–water partition coefficient (Wildman–Crippen LogP) is 4.46. The van der Waals surface area contributed by atoms with E-state index in [0.29, 0.717) is 15.9 Å². The predicted molar refractivity (Wildman–Crippen MR) is 94.8 cm³/mol. The van der Waals surface area contributed by atoms with Gasteiger partial charge in [0.05, 0.1) is 17.6 Å².